The van der Waals surface area contributed by atoms with Crippen LogP contribution in [0, 0.1) is 13.8 Å². The first-order chi connectivity index (χ1) is 9.49. The smallest absolute Gasteiger partial charge is 0.319 e. The second-order valence-electron chi connectivity index (χ2n) is 4.53. The standard InChI is InChI=1S/C14H16N2O3S/c1-8-5-9(2)7-11(6-8)12-15-16-14(19-12)20-10(3)13(17)18-4/h5-7,10H,1-4H3/t10-/m0/s1. The predicted octanol–water partition coefficient (Wildman–Crippen LogP) is 3.01. The van der Waals surface area contributed by atoms with Crippen LogP contribution in [0.15, 0.2) is 27.8 Å². The summed E-state index contributed by atoms with van der Waals surface area (Å²) in [6.07, 6.45) is 0. The fourth-order valence-electron chi connectivity index (χ4n) is 1.84. The lowest BCUT2D eigenvalue weighted by atomic mass is 10.1. The number of esters is 1. The number of rotatable bonds is 4. The van der Waals surface area contributed by atoms with Crippen LogP contribution in [0.1, 0.15) is 18.1 Å². The van der Waals surface area contributed by atoms with Crippen LogP contribution in [0.5, 0.6) is 0 Å². The number of methoxy groups -OCH3 is 1. The van der Waals surface area contributed by atoms with Gasteiger partial charge in [-0.25, -0.2) is 0 Å². The van der Waals surface area contributed by atoms with Crippen LogP contribution in [0.25, 0.3) is 11.5 Å². The third-order valence-corrected chi connectivity index (χ3v) is 3.60. The lowest BCUT2D eigenvalue weighted by Crippen LogP contribution is -2.14. The van der Waals surface area contributed by atoms with E-state index in [1.54, 1.807) is 6.92 Å². The zero-order valence-corrected chi connectivity index (χ0v) is 12.7. The minimum Gasteiger partial charge on any atom is -0.468 e. The van der Waals surface area contributed by atoms with Gasteiger partial charge in [0.1, 0.15) is 5.25 Å². The summed E-state index contributed by atoms with van der Waals surface area (Å²) in [5, 5.41) is 7.94. The highest BCUT2D eigenvalue weighted by atomic mass is 32.2. The number of thioether (sulfide) groups is 1. The molecule has 0 bridgehead atoms. The fraction of sp³-hybridized carbons (Fsp3) is 0.357. The fourth-order valence-corrected chi connectivity index (χ4v) is 2.55. The van der Waals surface area contributed by atoms with E-state index in [2.05, 4.69) is 21.0 Å². The van der Waals surface area contributed by atoms with Crippen LogP contribution < -0.4 is 0 Å². The first kappa shape index (κ1) is 14.6. The number of carbonyl (C=O) groups excluding carboxylic acids is 1. The zero-order valence-electron chi connectivity index (χ0n) is 11.8. The van der Waals surface area contributed by atoms with E-state index in [9.17, 15) is 4.79 Å². The van der Waals surface area contributed by atoms with Crippen molar-refractivity contribution < 1.29 is 13.9 Å². The molecule has 0 spiro atoms. The minimum absolute atomic E-state index is 0.318. The number of hydrogen-bond donors (Lipinski definition) is 0. The quantitative estimate of drug-likeness (QED) is 0.637. The molecule has 2 rings (SSSR count). The molecule has 5 nitrogen and oxygen atoms in total. The summed E-state index contributed by atoms with van der Waals surface area (Å²) in [6.45, 7) is 5.76. The van der Waals surface area contributed by atoms with Crippen molar-refractivity contribution in [1.82, 2.24) is 10.2 Å². The zero-order chi connectivity index (χ0) is 14.7. The molecular weight excluding hydrogens is 276 g/mol. The van der Waals surface area contributed by atoms with Gasteiger partial charge in [0.15, 0.2) is 0 Å². The monoisotopic (exact) mass is 292 g/mol. The average Bonchev–Trinajstić information content (AvgIpc) is 2.85. The van der Waals surface area contributed by atoms with Crippen LogP contribution in [0.3, 0.4) is 0 Å². The predicted molar refractivity (Wildman–Crippen MR) is 76.5 cm³/mol. The molecule has 0 saturated carbocycles. The molecule has 0 unspecified atom stereocenters. The maximum atomic E-state index is 11.3. The molecule has 1 aromatic carbocycles. The molecule has 1 aromatic heterocycles. The van der Waals surface area contributed by atoms with Gasteiger partial charge in [-0.1, -0.05) is 29.0 Å². The number of benzene rings is 1. The molecule has 1 atom stereocenters. The molecule has 1 heterocycles. The number of aryl methyl sites for hydroxylation is 2. The molecule has 0 fully saturated rings. The van der Waals surface area contributed by atoms with Gasteiger partial charge in [-0.05, 0) is 32.9 Å². The van der Waals surface area contributed by atoms with E-state index in [1.807, 2.05) is 26.0 Å². The van der Waals surface area contributed by atoms with Crippen molar-refractivity contribution in [3.63, 3.8) is 0 Å². The second-order valence-corrected chi connectivity index (χ2v) is 5.82. The summed E-state index contributed by atoms with van der Waals surface area (Å²) in [7, 11) is 1.36. The van der Waals surface area contributed by atoms with Crippen molar-refractivity contribution in [2.75, 3.05) is 7.11 Å². The minimum atomic E-state index is -0.382. The van der Waals surface area contributed by atoms with E-state index in [1.165, 1.54) is 18.9 Å². The molecule has 106 valence electrons. The summed E-state index contributed by atoms with van der Waals surface area (Å²) in [4.78, 5) is 11.3. The van der Waals surface area contributed by atoms with Gasteiger partial charge in [-0.2, -0.15) is 0 Å². The van der Waals surface area contributed by atoms with Gasteiger partial charge in [-0.3, -0.25) is 4.79 Å². The average molecular weight is 292 g/mol. The Balaban J connectivity index is 2.18. The van der Waals surface area contributed by atoms with E-state index in [-0.39, 0.29) is 11.2 Å². The Morgan fingerprint density at radius 1 is 1.25 bits per heavy atom. The van der Waals surface area contributed by atoms with Gasteiger partial charge in [0.25, 0.3) is 5.22 Å². The molecule has 2 aromatic rings. The Labute approximate surface area is 121 Å². The molecule has 0 aliphatic carbocycles. The van der Waals surface area contributed by atoms with E-state index < -0.39 is 0 Å². The summed E-state index contributed by atoms with van der Waals surface area (Å²) in [5.41, 5.74) is 3.15. The van der Waals surface area contributed by atoms with Crippen LogP contribution in [-0.2, 0) is 9.53 Å². The van der Waals surface area contributed by atoms with Crippen molar-refractivity contribution in [2.24, 2.45) is 0 Å². The Kier molecular flexibility index (Phi) is 4.44. The topological polar surface area (TPSA) is 65.2 Å². The third-order valence-electron chi connectivity index (χ3n) is 2.69. The van der Waals surface area contributed by atoms with E-state index in [4.69, 9.17) is 4.42 Å². The summed E-state index contributed by atoms with van der Waals surface area (Å²) in [5.74, 6) is 0.137. The van der Waals surface area contributed by atoms with Gasteiger partial charge >= 0.3 is 5.97 Å². The highest BCUT2D eigenvalue weighted by Gasteiger charge is 2.19. The number of nitrogens with zero attached hydrogens (tertiary/aromatic N) is 2. The number of ether oxygens (including phenoxy) is 1. The largest absolute Gasteiger partial charge is 0.468 e. The van der Waals surface area contributed by atoms with Gasteiger partial charge in [0, 0.05) is 5.56 Å². The molecule has 20 heavy (non-hydrogen) atoms. The van der Waals surface area contributed by atoms with Gasteiger partial charge in [0.05, 0.1) is 7.11 Å². The lowest BCUT2D eigenvalue weighted by molar-refractivity contribution is -0.139. The summed E-state index contributed by atoms with van der Waals surface area (Å²) < 4.78 is 10.2. The normalized spacial score (nSPS) is 12.2. The molecule has 6 heteroatoms. The summed E-state index contributed by atoms with van der Waals surface area (Å²) in [6, 6.07) is 6.05. The van der Waals surface area contributed by atoms with Crippen molar-refractivity contribution in [1.29, 1.82) is 0 Å². The van der Waals surface area contributed by atoms with Gasteiger partial charge in [0.2, 0.25) is 5.89 Å². The second kappa shape index (κ2) is 6.09. The maximum Gasteiger partial charge on any atom is 0.319 e. The Morgan fingerprint density at radius 2 is 1.90 bits per heavy atom. The number of aromatic nitrogens is 2. The van der Waals surface area contributed by atoms with Gasteiger partial charge in [-0.15, -0.1) is 10.2 Å². The van der Waals surface area contributed by atoms with Crippen molar-refractivity contribution >= 4 is 17.7 Å². The maximum absolute atomic E-state index is 11.3. The van der Waals surface area contributed by atoms with E-state index in [0.29, 0.717) is 11.1 Å². The highest BCUT2D eigenvalue weighted by molar-refractivity contribution is 8.00. The molecule has 0 saturated heterocycles. The SMILES string of the molecule is COC(=O)[C@H](C)Sc1nnc(-c2cc(C)cc(C)c2)o1. The summed E-state index contributed by atoms with van der Waals surface area (Å²) >= 11 is 1.19. The van der Waals surface area contributed by atoms with Crippen LogP contribution in [-0.4, -0.2) is 28.5 Å². The third kappa shape index (κ3) is 3.39. The Bertz CT molecular complexity index is 604. The highest BCUT2D eigenvalue weighted by Crippen LogP contribution is 2.27. The van der Waals surface area contributed by atoms with E-state index in [0.717, 1.165) is 16.7 Å². The van der Waals surface area contributed by atoms with Crippen LogP contribution in [0.2, 0.25) is 0 Å². The van der Waals surface area contributed by atoms with Crippen molar-refractivity contribution in [3.05, 3.63) is 29.3 Å². The Hall–Kier alpha value is -1.82. The molecule has 0 amide bonds. The van der Waals surface area contributed by atoms with Crippen molar-refractivity contribution in [2.45, 2.75) is 31.2 Å². The molecule has 0 radical (unpaired) electrons. The number of hydrogen-bond acceptors (Lipinski definition) is 6. The number of carbonyl (C=O) groups is 1. The van der Waals surface area contributed by atoms with Crippen molar-refractivity contribution in [3.8, 4) is 11.5 Å². The molecular formula is C14H16N2O3S. The van der Waals surface area contributed by atoms with E-state index >= 15 is 0 Å². The van der Waals surface area contributed by atoms with Gasteiger partial charge < -0.3 is 9.15 Å². The molecule has 0 N–H and O–H groups in total. The first-order valence-corrected chi connectivity index (χ1v) is 7.04. The first-order valence-electron chi connectivity index (χ1n) is 6.16. The lowest BCUT2D eigenvalue weighted by Gasteiger charge is -2.04. The van der Waals surface area contributed by atoms with Crippen LogP contribution >= 0.6 is 11.8 Å². The van der Waals surface area contributed by atoms with Crippen LogP contribution in [0.4, 0.5) is 0 Å². The Morgan fingerprint density at radius 3 is 2.50 bits per heavy atom. The molecule has 0 aliphatic heterocycles. The molecule has 0 aliphatic rings.